The number of nitro groups is 1. The Morgan fingerprint density at radius 3 is 2.41 bits per heavy atom. The van der Waals surface area contributed by atoms with Gasteiger partial charge in [-0.15, -0.1) is 0 Å². The first-order chi connectivity index (χ1) is 7.94. The van der Waals surface area contributed by atoms with Crippen LogP contribution in [0.5, 0.6) is 0 Å². The Bertz CT molecular complexity index is 382. The molecule has 0 atom stereocenters. The molecule has 0 spiro atoms. The van der Waals surface area contributed by atoms with Gasteiger partial charge in [0.15, 0.2) is 0 Å². The molecular weight excluding hydrogens is 234 g/mol. The highest BCUT2D eigenvalue weighted by Gasteiger charge is 2.26. The highest BCUT2D eigenvalue weighted by Crippen LogP contribution is 2.13. The zero-order valence-corrected chi connectivity index (χ0v) is 8.90. The molecule has 0 bridgehead atoms. The Morgan fingerprint density at radius 1 is 1.35 bits per heavy atom. The molecule has 0 saturated heterocycles. The molecule has 0 saturated carbocycles. The zero-order valence-electron chi connectivity index (χ0n) is 8.90. The van der Waals surface area contributed by atoms with Gasteiger partial charge in [-0.3, -0.25) is 10.1 Å². The van der Waals surface area contributed by atoms with E-state index in [1.807, 2.05) is 0 Å². The Balaban J connectivity index is 2.45. The van der Waals surface area contributed by atoms with Crippen molar-refractivity contribution in [2.45, 2.75) is 12.5 Å². The standard InChI is InChI=1S/C10H12F2N2O3/c11-10(12,7-15)6-13-5-8-1-3-9(4-2-8)14(16)17/h1-4,13,15H,5-7H2. The first-order valence-corrected chi connectivity index (χ1v) is 4.87. The largest absolute Gasteiger partial charge is 0.390 e. The van der Waals surface area contributed by atoms with Crippen molar-refractivity contribution in [1.29, 1.82) is 0 Å². The number of nitrogens with zero attached hydrogens (tertiary/aromatic N) is 1. The number of alkyl halides is 2. The summed E-state index contributed by atoms with van der Waals surface area (Å²) in [5.74, 6) is -3.15. The van der Waals surface area contributed by atoms with E-state index in [4.69, 9.17) is 5.11 Å². The minimum Gasteiger partial charge on any atom is -0.390 e. The summed E-state index contributed by atoms with van der Waals surface area (Å²) in [6.45, 7) is -1.69. The molecular formula is C10H12F2N2O3. The third kappa shape index (κ3) is 4.41. The lowest BCUT2D eigenvalue weighted by Crippen LogP contribution is -2.35. The molecule has 94 valence electrons. The Morgan fingerprint density at radius 2 is 1.94 bits per heavy atom. The molecule has 0 aromatic heterocycles. The van der Waals surface area contributed by atoms with E-state index in [2.05, 4.69) is 5.32 Å². The molecule has 7 heteroatoms. The summed E-state index contributed by atoms with van der Waals surface area (Å²) < 4.78 is 25.2. The molecule has 1 aromatic carbocycles. The quantitative estimate of drug-likeness (QED) is 0.586. The van der Waals surface area contributed by atoms with E-state index in [-0.39, 0.29) is 12.2 Å². The van der Waals surface area contributed by atoms with Crippen LogP contribution >= 0.6 is 0 Å². The number of halogens is 2. The number of rotatable bonds is 6. The summed E-state index contributed by atoms with van der Waals surface area (Å²) in [7, 11) is 0. The van der Waals surface area contributed by atoms with Crippen molar-refractivity contribution in [3.63, 3.8) is 0 Å². The molecule has 2 N–H and O–H groups in total. The van der Waals surface area contributed by atoms with Crippen LogP contribution in [0.1, 0.15) is 5.56 Å². The SMILES string of the molecule is O=[N+]([O-])c1ccc(CNCC(F)(F)CO)cc1. The van der Waals surface area contributed by atoms with E-state index in [0.717, 1.165) is 0 Å². The average molecular weight is 246 g/mol. The van der Waals surface area contributed by atoms with Crippen LogP contribution in [0.15, 0.2) is 24.3 Å². The lowest BCUT2D eigenvalue weighted by molar-refractivity contribution is -0.384. The van der Waals surface area contributed by atoms with Crippen LogP contribution in [0, 0.1) is 10.1 Å². The minimum atomic E-state index is -3.15. The summed E-state index contributed by atoms with van der Waals surface area (Å²) in [6, 6.07) is 5.59. The van der Waals surface area contributed by atoms with E-state index >= 15 is 0 Å². The number of benzene rings is 1. The maximum atomic E-state index is 12.6. The Hall–Kier alpha value is -1.60. The number of hydrogen-bond donors (Lipinski definition) is 2. The molecule has 0 aliphatic carbocycles. The number of aliphatic hydroxyl groups is 1. The zero-order chi connectivity index (χ0) is 12.9. The molecule has 0 amide bonds. The lowest BCUT2D eigenvalue weighted by atomic mass is 10.2. The molecule has 0 fully saturated rings. The first-order valence-electron chi connectivity index (χ1n) is 4.87. The van der Waals surface area contributed by atoms with Crippen LogP contribution in [-0.2, 0) is 6.54 Å². The van der Waals surface area contributed by atoms with Crippen LogP contribution in [0.2, 0.25) is 0 Å². The van der Waals surface area contributed by atoms with Crippen LogP contribution < -0.4 is 5.32 Å². The predicted molar refractivity (Wildman–Crippen MR) is 56.8 cm³/mol. The second-order valence-corrected chi connectivity index (χ2v) is 3.54. The van der Waals surface area contributed by atoms with Crippen molar-refractivity contribution in [1.82, 2.24) is 5.32 Å². The van der Waals surface area contributed by atoms with E-state index < -0.39 is 24.0 Å². The summed E-state index contributed by atoms with van der Waals surface area (Å²) in [5.41, 5.74) is 0.610. The van der Waals surface area contributed by atoms with E-state index in [0.29, 0.717) is 5.56 Å². The van der Waals surface area contributed by atoms with Crippen LogP contribution in [0.25, 0.3) is 0 Å². The average Bonchev–Trinajstić information content (AvgIpc) is 2.29. The number of aliphatic hydroxyl groups excluding tert-OH is 1. The fourth-order valence-electron chi connectivity index (χ4n) is 1.18. The van der Waals surface area contributed by atoms with Gasteiger partial charge in [-0.05, 0) is 5.56 Å². The van der Waals surface area contributed by atoms with E-state index in [9.17, 15) is 18.9 Å². The van der Waals surface area contributed by atoms with Gasteiger partial charge < -0.3 is 10.4 Å². The van der Waals surface area contributed by atoms with Crippen molar-refractivity contribution < 1.29 is 18.8 Å². The fraction of sp³-hybridized carbons (Fsp3) is 0.400. The molecule has 0 aliphatic heterocycles. The van der Waals surface area contributed by atoms with Crippen molar-refractivity contribution in [2.24, 2.45) is 0 Å². The number of non-ortho nitro benzene ring substituents is 1. The number of nitrogens with one attached hydrogen (secondary N) is 1. The van der Waals surface area contributed by atoms with Crippen molar-refractivity contribution in [3.8, 4) is 0 Å². The second kappa shape index (κ2) is 5.65. The molecule has 1 rings (SSSR count). The van der Waals surface area contributed by atoms with Gasteiger partial charge in [-0.1, -0.05) is 12.1 Å². The second-order valence-electron chi connectivity index (χ2n) is 3.54. The van der Waals surface area contributed by atoms with Crippen LogP contribution in [0.4, 0.5) is 14.5 Å². The van der Waals surface area contributed by atoms with Gasteiger partial charge in [-0.25, -0.2) is 8.78 Å². The van der Waals surface area contributed by atoms with Gasteiger partial charge in [0.05, 0.1) is 11.5 Å². The molecule has 17 heavy (non-hydrogen) atoms. The third-order valence-electron chi connectivity index (χ3n) is 2.09. The molecule has 5 nitrogen and oxygen atoms in total. The predicted octanol–water partition coefficient (Wildman–Crippen LogP) is 1.31. The summed E-state index contributed by atoms with van der Waals surface area (Å²) in [4.78, 5) is 9.83. The normalized spacial score (nSPS) is 11.5. The van der Waals surface area contributed by atoms with Gasteiger partial charge >= 0.3 is 0 Å². The van der Waals surface area contributed by atoms with Gasteiger partial charge in [-0.2, -0.15) is 0 Å². The minimum absolute atomic E-state index is 0.0468. The lowest BCUT2D eigenvalue weighted by Gasteiger charge is -2.13. The summed E-state index contributed by atoms with van der Waals surface area (Å²) in [6.07, 6.45) is 0. The maximum Gasteiger partial charge on any atom is 0.282 e. The van der Waals surface area contributed by atoms with Crippen LogP contribution in [0.3, 0.4) is 0 Å². The van der Waals surface area contributed by atoms with Crippen molar-refractivity contribution >= 4 is 5.69 Å². The molecule has 0 heterocycles. The number of hydrogen-bond acceptors (Lipinski definition) is 4. The van der Waals surface area contributed by atoms with E-state index in [1.165, 1.54) is 24.3 Å². The maximum absolute atomic E-state index is 12.6. The van der Waals surface area contributed by atoms with Gasteiger partial charge in [0.1, 0.15) is 6.61 Å². The molecule has 0 aliphatic rings. The van der Waals surface area contributed by atoms with Gasteiger partial charge in [0.2, 0.25) is 0 Å². The highest BCUT2D eigenvalue weighted by molar-refractivity contribution is 5.32. The topological polar surface area (TPSA) is 75.4 Å². The van der Waals surface area contributed by atoms with Crippen molar-refractivity contribution in [3.05, 3.63) is 39.9 Å². The Kier molecular flexibility index (Phi) is 4.47. The van der Waals surface area contributed by atoms with Gasteiger partial charge in [0.25, 0.3) is 11.6 Å². The fourth-order valence-corrected chi connectivity index (χ4v) is 1.18. The molecule has 1 aromatic rings. The van der Waals surface area contributed by atoms with E-state index in [1.54, 1.807) is 0 Å². The highest BCUT2D eigenvalue weighted by atomic mass is 19.3. The van der Waals surface area contributed by atoms with Crippen molar-refractivity contribution in [2.75, 3.05) is 13.2 Å². The van der Waals surface area contributed by atoms with Gasteiger partial charge in [0, 0.05) is 18.7 Å². The molecule has 0 unspecified atom stereocenters. The first kappa shape index (κ1) is 13.5. The number of nitro benzene ring substituents is 1. The Labute approximate surface area is 96.2 Å². The third-order valence-corrected chi connectivity index (χ3v) is 2.09. The summed E-state index contributed by atoms with van der Waals surface area (Å²) >= 11 is 0. The van der Waals surface area contributed by atoms with Crippen LogP contribution in [-0.4, -0.2) is 29.1 Å². The smallest absolute Gasteiger partial charge is 0.282 e. The summed E-state index contributed by atoms with van der Waals surface area (Å²) in [5, 5.41) is 21.1. The molecule has 0 radical (unpaired) electrons. The monoisotopic (exact) mass is 246 g/mol.